The van der Waals surface area contributed by atoms with Gasteiger partial charge in [0.2, 0.25) is 0 Å². The molecule has 0 aliphatic heterocycles. The summed E-state index contributed by atoms with van der Waals surface area (Å²) < 4.78 is 0. The van der Waals surface area contributed by atoms with Gasteiger partial charge in [-0.15, -0.1) is 0 Å². The van der Waals surface area contributed by atoms with E-state index >= 15 is 0 Å². The van der Waals surface area contributed by atoms with Gasteiger partial charge in [-0.3, -0.25) is 0 Å². The van der Waals surface area contributed by atoms with Gasteiger partial charge in [0.15, 0.2) is 0 Å². The van der Waals surface area contributed by atoms with Crippen LogP contribution in [-0.4, -0.2) is 29.3 Å². The van der Waals surface area contributed by atoms with E-state index in [0.717, 1.165) is 18.9 Å². The zero-order valence-electron chi connectivity index (χ0n) is 8.79. The molecule has 0 saturated heterocycles. The standard InChI is InChI=1S/C10H19NO3/c1-10(2,5-3-7-12)8-11-6-4-9(13)14/h4,6,11-12H,3,5,7-8H2,1-2H3,(H,13,14)/b6-4+. The zero-order valence-corrected chi connectivity index (χ0v) is 8.79. The largest absolute Gasteiger partial charge is 0.478 e. The smallest absolute Gasteiger partial charge is 0.329 e. The van der Waals surface area contributed by atoms with Crippen LogP contribution >= 0.6 is 0 Å². The van der Waals surface area contributed by atoms with Gasteiger partial charge in [0.25, 0.3) is 0 Å². The summed E-state index contributed by atoms with van der Waals surface area (Å²) in [5.74, 6) is -0.953. The van der Waals surface area contributed by atoms with E-state index in [9.17, 15) is 4.79 Å². The van der Waals surface area contributed by atoms with Crippen molar-refractivity contribution in [2.24, 2.45) is 5.41 Å². The Balaban J connectivity index is 3.69. The average molecular weight is 201 g/mol. The van der Waals surface area contributed by atoms with Crippen molar-refractivity contribution in [1.82, 2.24) is 5.32 Å². The van der Waals surface area contributed by atoms with Crippen LogP contribution in [0.5, 0.6) is 0 Å². The Morgan fingerprint density at radius 3 is 2.64 bits per heavy atom. The van der Waals surface area contributed by atoms with Crippen LogP contribution in [0, 0.1) is 5.41 Å². The van der Waals surface area contributed by atoms with Crippen molar-refractivity contribution in [2.75, 3.05) is 13.2 Å². The van der Waals surface area contributed by atoms with Crippen molar-refractivity contribution in [2.45, 2.75) is 26.7 Å². The monoisotopic (exact) mass is 201 g/mol. The fourth-order valence-electron chi connectivity index (χ4n) is 1.11. The van der Waals surface area contributed by atoms with Crippen molar-refractivity contribution in [1.29, 1.82) is 0 Å². The van der Waals surface area contributed by atoms with Gasteiger partial charge < -0.3 is 15.5 Å². The van der Waals surface area contributed by atoms with Gasteiger partial charge in [0.05, 0.1) is 0 Å². The fraction of sp³-hybridized carbons (Fsp3) is 0.700. The van der Waals surface area contributed by atoms with E-state index in [1.165, 1.54) is 6.20 Å². The quantitative estimate of drug-likeness (QED) is 0.537. The summed E-state index contributed by atoms with van der Waals surface area (Å²) in [6.45, 7) is 5.06. The number of aliphatic carboxylic acids is 1. The van der Waals surface area contributed by atoms with Crippen molar-refractivity contribution in [3.8, 4) is 0 Å². The highest BCUT2D eigenvalue weighted by Crippen LogP contribution is 2.20. The maximum Gasteiger partial charge on any atom is 0.329 e. The number of aliphatic hydroxyl groups excluding tert-OH is 1. The lowest BCUT2D eigenvalue weighted by Crippen LogP contribution is -2.26. The highest BCUT2D eigenvalue weighted by atomic mass is 16.4. The topological polar surface area (TPSA) is 69.6 Å². The first-order valence-electron chi connectivity index (χ1n) is 4.72. The van der Waals surface area contributed by atoms with Gasteiger partial charge in [-0.25, -0.2) is 4.79 Å². The number of aliphatic hydroxyl groups is 1. The molecule has 0 atom stereocenters. The van der Waals surface area contributed by atoms with Gasteiger partial charge >= 0.3 is 5.97 Å². The van der Waals surface area contributed by atoms with Crippen LogP contribution in [0.25, 0.3) is 0 Å². The van der Waals surface area contributed by atoms with Crippen molar-refractivity contribution in [3.05, 3.63) is 12.3 Å². The number of carboxylic acid groups (broad SMARTS) is 1. The average Bonchev–Trinajstić information content (AvgIpc) is 2.09. The summed E-state index contributed by atoms with van der Waals surface area (Å²) in [4.78, 5) is 10.1. The molecule has 0 amide bonds. The minimum atomic E-state index is -0.953. The molecule has 0 bridgehead atoms. The van der Waals surface area contributed by atoms with Crippen LogP contribution < -0.4 is 5.32 Å². The lowest BCUT2D eigenvalue weighted by molar-refractivity contribution is -0.131. The second kappa shape index (κ2) is 6.43. The molecule has 0 spiro atoms. The van der Waals surface area contributed by atoms with E-state index in [4.69, 9.17) is 10.2 Å². The van der Waals surface area contributed by atoms with Gasteiger partial charge in [-0.2, -0.15) is 0 Å². The molecule has 0 aromatic rings. The first-order chi connectivity index (χ1) is 6.48. The predicted octanol–water partition coefficient (Wildman–Crippen LogP) is 0.973. The normalized spacial score (nSPS) is 11.9. The van der Waals surface area contributed by atoms with E-state index in [-0.39, 0.29) is 12.0 Å². The molecule has 0 aliphatic carbocycles. The summed E-state index contributed by atoms with van der Waals surface area (Å²) in [6.07, 6.45) is 4.19. The number of carboxylic acids is 1. The third kappa shape index (κ3) is 7.61. The Labute approximate surface area is 84.6 Å². The summed E-state index contributed by atoms with van der Waals surface area (Å²) in [7, 11) is 0. The Hall–Kier alpha value is -1.03. The molecule has 0 aromatic carbocycles. The number of carbonyl (C=O) groups is 1. The molecule has 3 N–H and O–H groups in total. The van der Waals surface area contributed by atoms with Gasteiger partial charge in [-0.05, 0) is 18.3 Å². The molecule has 4 heteroatoms. The minimum absolute atomic E-state index is 0.0750. The summed E-state index contributed by atoms with van der Waals surface area (Å²) in [5, 5.41) is 19.9. The van der Waals surface area contributed by atoms with Crippen LogP contribution in [0.3, 0.4) is 0 Å². The maximum atomic E-state index is 10.1. The molecule has 4 nitrogen and oxygen atoms in total. The molecule has 0 saturated carbocycles. The molecule has 0 aliphatic rings. The number of nitrogens with one attached hydrogen (secondary N) is 1. The second-order valence-corrected chi connectivity index (χ2v) is 4.04. The van der Waals surface area contributed by atoms with E-state index in [2.05, 4.69) is 19.2 Å². The fourth-order valence-corrected chi connectivity index (χ4v) is 1.11. The Kier molecular flexibility index (Phi) is 5.95. The summed E-state index contributed by atoms with van der Waals surface area (Å²) in [5.41, 5.74) is 0.0750. The highest BCUT2D eigenvalue weighted by molar-refractivity contribution is 5.79. The first-order valence-corrected chi connectivity index (χ1v) is 4.72. The molecule has 0 aromatic heterocycles. The van der Waals surface area contributed by atoms with E-state index in [1.807, 2.05) is 0 Å². The van der Waals surface area contributed by atoms with E-state index in [1.54, 1.807) is 0 Å². The zero-order chi connectivity index (χ0) is 11.0. The van der Waals surface area contributed by atoms with Gasteiger partial charge in [0.1, 0.15) is 0 Å². The van der Waals surface area contributed by atoms with Gasteiger partial charge in [-0.1, -0.05) is 13.8 Å². The minimum Gasteiger partial charge on any atom is -0.478 e. The number of rotatable bonds is 7. The van der Waals surface area contributed by atoms with Crippen LogP contribution in [0.1, 0.15) is 26.7 Å². The lowest BCUT2D eigenvalue weighted by atomic mass is 9.88. The molecule has 82 valence electrons. The Morgan fingerprint density at radius 2 is 2.14 bits per heavy atom. The van der Waals surface area contributed by atoms with Crippen molar-refractivity contribution in [3.63, 3.8) is 0 Å². The number of hydrogen-bond donors (Lipinski definition) is 3. The molecule has 14 heavy (non-hydrogen) atoms. The predicted molar refractivity (Wildman–Crippen MR) is 54.9 cm³/mol. The summed E-state index contributed by atoms with van der Waals surface area (Å²) >= 11 is 0. The Morgan fingerprint density at radius 1 is 1.50 bits per heavy atom. The molecule has 0 radical (unpaired) electrons. The molecule has 0 rings (SSSR count). The number of hydrogen-bond acceptors (Lipinski definition) is 3. The van der Waals surface area contributed by atoms with Crippen LogP contribution in [0.4, 0.5) is 0 Å². The molecular formula is C10H19NO3. The van der Waals surface area contributed by atoms with E-state index in [0.29, 0.717) is 6.54 Å². The van der Waals surface area contributed by atoms with Crippen LogP contribution in [0.2, 0.25) is 0 Å². The lowest BCUT2D eigenvalue weighted by Gasteiger charge is -2.23. The molecule has 0 fully saturated rings. The third-order valence-corrected chi connectivity index (χ3v) is 1.94. The molecule has 0 unspecified atom stereocenters. The first kappa shape index (κ1) is 13.0. The van der Waals surface area contributed by atoms with Crippen molar-refractivity contribution < 1.29 is 15.0 Å². The summed E-state index contributed by atoms with van der Waals surface area (Å²) in [6, 6.07) is 0. The van der Waals surface area contributed by atoms with Crippen molar-refractivity contribution >= 4 is 5.97 Å². The maximum absolute atomic E-state index is 10.1. The van der Waals surface area contributed by atoms with Crippen LogP contribution in [0.15, 0.2) is 12.3 Å². The molecular weight excluding hydrogens is 182 g/mol. The SMILES string of the molecule is CC(C)(CCCO)CN/C=C/C(=O)O. The highest BCUT2D eigenvalue weighted by Gasteiger charge is 2.15. The second-order valence-electron chi connectivity index (χ2n) is 4.04. The molecule has 0 heterocycles. The third-order valence-electron chi connectivity index (χ3n) is 1.94. The van der Waals surface area contributed by atoms with E-state index < -0.39 is 5.97 Å². The van der Waals surface area contributed by atoms with Crippen LogP contribution in [-0.2, 0) is 4.79 Å². The Bertz CT molecular complexity index is 200. The van der Waals surface area contributed by atoms with Gasteiger partial charge in [0, 0.05) is 25.4 Å².